The van der Waals surface area contributed by atoms with Gasteiger partial charge in [0.25, 0.3) is 0 Å². The lowest BCUT2D eigenvalue weighted by atomic mass is 10.2. The molecule has 3 nitrogen and oxygen atoms in total. The molecule has 4 heteroatoms. The zero-order chi connectivity index (χ0) is 9.14. The first-order valence-electron chi connectivity index (χ1n) is 3.36. The molecule has 0 saturated heterocycles. The molecule has 1 heterocycles. The predicted octanol–water partition coefficient (Wildman–Crippen LogP) is 2.06. The van der Waals surface area contributed by atoms with Crippen molar-refractivity contribution in [3.8, 4) is 5.75 Å². The highest BCUT2D eigenvalue weighted by molar-refractivity contribution is 9.10. The molecule has 0 aliphatic carbocycles. The minimum absolute atomic E-state index is 0.0325. The fraction of sp³-hybridized carbons (Fsp3) is 0.250. The van der Waals surface area contributed by atoms with Crippen molar-refractivity contribution in [3.05, 3.63) is 22.4 Å². The van der Waals surface area contributed by atoms with Crippen LogP contribution in [0.2, 0.25) is 0 Å². The van der Waals surface area contributed by atoms with E-state index >= 15 is 0 Å². The zero-order valence-electron chi connectivity index (χ0n) is 6.80. The van der Waals surface area contributed by atoms with E-state index in [1.165, 1.54) is 14.0 Å². The van der Waals surface area contributed by atoms with Gasteiger partial charge in [-0.25, -0.2) is 4.98 Å². The lowest BCUT2D eigenvalue weighted by Gasteiger charge is -2.05. The third-order valence-corrected chi connectivity index (χ3v) is 2.01. The summed E-state index contributed by atoms with van der Waals surface area (Å²) in [6.45, 7) is 1.49. The Labute approximate surface area is 78.9 Å². The van der Waals surface area contributed by atoms with Crippen molar-refractivity contribution >= 4 is 21.7 Å². The second kappa shape index (κ2) is 3.67. The summed E-state index contributed by atoms with van der Waals surface area (Å²) in [6, 6.07) is 1.63. The monoisotopic (exact) mass is 229 g/mol. The van der Waals surface area contributed by atoms with Gasteiger partial charge in [-0.1, -0.05) is 0 Å². The number of aromatic nitrogens is 1. The summed E-state index contributed by atoms with van der Waals surface area (Å²) in [6.07, 6.45) is 1.56. The number of hydrogen-bond donors (Lipinski definition) is 0. The first kappa shape index (κ1) is 9.19. The van der Waals surface area contributed by atoms with Crippen molar-refractivity contribution in [1.29, 1.82) is 0 Å². The topological polar surface area (TPSA) is 39.2 Å². The Kier molecular flexibility index (Phi) is 2.81. The molecule has 1 rings (SSSR count). The number of rotatable bonds is 2. The van der Waals surface area contributed by atoms with Gasteiger partial charge in [-0.3, -0.25) is 4.79 Å². The van der Waals surface area contributed by atoms with Crippen LogP contribution in [0.3, 0.4) is 0 Å². The molecule has 1 aromatic heterocycles. The van der Waals surface area contributed by atoms with Gasteiger partial charge in [-0.15, -0.1) is 0 Å². The molecule has 0 N–H and O–H groups in total. The summed E-state index contributed by atoms with van der Waals surface area (Å²) in [5.74, 6) is 0.458. The van der Waals surface area contributed by atoms with E-state index in [0.29, 0.717) is 15.9 Å². The third-order valence-electron chi connectivity index (χ3n) is 1.44. The Bertz CT molecular complexity index is 312. The van der Waals surface area contributed by atoms with Gasteiger partial charge in [-0.05, 0) is 28.9 Å². The van der Waals surface area contributed by atoms with Gasteiger partial charge >= 0.3 is 0 Å². The second-order valence-corrected chi connectivity index (χ2v) is 2.99. The zero-order valence-corrected chi connectivity index (χ0v) is 8.38. The Balaban J connectivity index is 3.27. The first-order chi connectivity index (χ1) is 5.66. The number of halogens is 1. The number of nitrogens with zero attached hydrogens (tertiary/aromatic N) is 1. The van der Waals surface area contributed by atoms with Gasteiger partial charge in [-0.2, -0.15) is 0 Å². The maximum atomic E-state index is 11.0. The number of methoxy groups -OCH3 is 1. The Morgan fingerprint density at radius 1 is 1.67 bits per heavy atom. The summed E-state index contributed by atoms with van der Waals surface area (Å²) in [5.41, 5.74) is 0.541. The quantitative estimate of drug-likeness (QED) is 0.576. The number of carbonyl (C=O) groups is 1. The van der Waals surface area contributed by atoms with Crippen LogP contribution < -0.4 is 4.74 Å². The van der Waals surface area contributed by atoms with Gasteiger partial charge < -0.3 is 4.74 Å². The molecule has 0 aliphatic heterocycles. The maximum absolute atomic E-state index is 11.0. The van der Waals surface area contributed by atoms with Gasteiger partial charge in [0, 0.05) is 6.20 Å². The molecule has 1 aromatic rings. The lowest BCUT2D eigenvalue weighted by Crippen LogP contribution is -1.98. The van der Waals surface area contributed by atoms with Crippen LogP contribution in [0.15, 0.2) is 16.9 Å². The van der Waals surface area contributed by atoms with E-state index in [2.05, 4.69) is 20.9 Å². The number of pyridine rings is 1. The summed E-state index contributed by atoms with van der Waals surface area (Å²) < 4.78 is 5.56. The molecule has 0 aliphatic rings. The summed E-state index contributed by atoms with van der Waals surface area (Å²) in [5, 5.41) is 0. The third kappa shape index (κ3) is 1.64. The van der Waals surface area contributed by atoms with E-state index in [4.69, 9.17) is 4.74 Å². The molecule has 0 saturated carbocycles. The fourth-order valence-electron chi connectivity index (χ4n) is 0.894. The van der Waals surface area contributed by atoms with Crippen LogP contribution in [0.5, 0.6) is 5.75 Å². The highest BCUT2D eigenvalue weighted by Gasteiger charge is 2.10. The SMILES string of the molecule is COc1c(C(C)=O)ccnc1Br. The highest BCUT2D eigenvalue weighted by Crippen LogP contribution is 2.26. The number of hydrogen-bond acceptors (Lipinski definition) is 3. The number of Topliss-reactive ketones (excluding diaryl/α,β-unsaturated/α-hetero) is 1. The van der Waals surface area contributed by atoms with Crippen LogP contribution in [0.1, 0.15) is 17.3 Å². The lowest BCUT2D eigenvalue weighted by molar-refractivity contribution is 0.101. The van der Waals surface area contributed by atoms with Crippen LogP contribution in [0.4, 0.5) is 0 Å². The molecule has 0 atom stereocenters. The minimum atomic E-state index is -0.0325. The summed E-state index contributed by atoms with van der Waals surface area (Å²) >= 11 is 3.19. The predicted molar refractivity (Wildman–Crippen MR) is 48.5 cm³/mol. The maximum Gasteiger partial charge on any atom is 0.163 e. The average molecular weight is 230 g/mol. The van der Waals surface area contributed by atoms with Crippen molar-refractivity contribution < 1.29 is 9.53 Å². The Morgan fingerprint density at radius 3 is 2.75 bits per heavy atom. The molecule has 0 amide bonds. The standard InChI is InChI=1S/C8H8BrNO2/c1-5(11)6-3-4-10-8(9)7(6)12-2/h3-4H,1-2H3. The first-order valence-corrected chi connectivity index (χ1v) is 4.15. The molecule has 0 spiro atoms. The van der Waals surface area contributed by atoms with E-state index in [1.54, 1.807) is 12.3 Å². The van der Waals surface area contributed by atoms with Gasteiger partial charge in [0.05, 0.1) is 12.7 Å². The molecule has 0 unspecified atom stereocenters. The molecule has 0 aromatic carbocycles. The highest BCUT2D eigenvalue weighted by atomic mass is 79.9. The molecule has 0 bridgehead atoms. The van der Waals surface area contributed by atoms with Crippen LogP contribution in [0.25, 0.3) is 0 Å². The number of ether oxygens (including phenoxy) is 1. The van der Waals surface area contributed by atoms with Crippen LogP contribution in [-0.4, -0.2) is 17.9 Å². The largest absolute Gasteiger partial charge is 0.493 e. The fourth-order valence-corrected chi connectivity index (χ4v) is 1.39. The van der Waals surface area contributed by atoms with E-state index in [0.717, 1.165) is 0 Å². The van der Waals surface area contributed by atoms with Crippen LogP contribution in [-0.2, 0) is 0 Å². The van der Waals surface area contributed by atoms with E-state index in [-0.39, 0.29) is 5.78 Å². The molecule has 64 valence electrons. The average Bonchev–Trinajstić information content (AvgIpc) is 2.03. The molecular formula is C8H8BrNO2. The minimum Gasteiger partial charge on any atom is -0.493 e. The smallest absolute Gasteiger partial charge is 0.163 e. The van der Waals surface area contributed by atoms with Crippen molar-refractivity contribution in [2.75, 3.05) is 7.11 Å². The van der Waals surface area contributed by atoms with Crippen LogP contribution in [0, 0.1) is 0 Å². The van der Waals surface area contributed by atoms with Crippen molar-refractivity contribution in [2.45, 2.75) is 6.92 Å². The van der Waals surface area contributed by atoms with Gasteiger partial charge in [0.15, 0.2) is 11.5 Å². The molecule has 0 radical (unpaired) electrons. The van der Waals surface area contributed by atoms with Crippen LogP contribution >= 0.6 is 15.9 Å². The number of ketones is 1. The van der Waals surface area contributed by atoms with Gasteiger partial charge in [0.2, 0.25) is 0 Å². The van der Waals surface area contributed by atoms with E-state index in [9.17, 15) is 4.79 Å². The normalized spacial score (nSPS) is 9.58. The molecule has 12 heavy (non-hydrogen) atoms. The van der Waals surface area contributed by atoms with E-state index < -0.39 is 0 Å². The molecule has 0 fully saturated rings. The summed E-state index contributed by atoms with van der Waals surface area (Å²) in [7, 11) is 1.51. The Morgan fingerprint density at radius 2 is 2.33 bits per heavy atom. The summed E-state index contributed by atoms with van der Waals surface area (Å²) in [4.78, 5) is 15.0. The molecular weight excluding hydrogens is 222 g/mol. The second-order valence-electron chi connectivity index (χ2n) is 2.24. The van der Waals surface area contributed by atoms with Gasteiger partial charge in [0.1, 0.15) is 4.60 Å². The Hall–Kier alpha value is -0.900. The van der Waals surface area contributed by atoms with Crippen molar-refractivity contribution in [1.82, 2.24) is 4.98 Å². The van der Waals surface area contributed by atoms with Crippen molar-refractivity contribution in [3.63, 3.8) is 0 Å². The van der Waals surface area contributed by atoms with Crippen molar-refractivity contribution in [2.24, 2.45) is 0 Å². The van der Waals surface area contributed by atoms with E-state index in [1.807, 2.05) is 0 Å². The number of carbonyl (C=O) groups excluding carboxylic acids is 1.